The fraction of sp³-hybridized carbons (Fsp3) is 0.750. The van der Waals surface area contributed by atoms with Gasteiger partial charge in [0, 0.05) is 19.1 Å². The first-order valence-electron chi connectivity index (χ1n) is 3.88. The Morgan fingerprint density at radius 1 is 1.70 bits per heavy atom. The largest absolute Gasteiger partial charge is 0.375 e. The van der Waals surface area contributed by atoms with E-state index in [1.165, 1.54) is 6.42 Å². The van der Waals surface area contributed by atoms with E-state index in [0.717, 1.165) is 25.7 Å². The van der Waals surface area contributed by atoms with Crippen molar-refractivity contribution in [3.8, 4) is 0 Å². The first kappa shape index (κ1) is 6.38. The summed E-state index contributed by atoms with van der Waals surface area (Å²) in [6.07, 6.45) is 3.78. The zero-order chi connectivity index (χ0) is 6.97. The minimum Gasteiger partial charge on any atom is -0.375 e. The second-order valence-electron chi connectivity index (χ2n) is 3.00. The Kier molecular flexibility index (Phi) is 1.51. The number of morpholine rings is 1. The maximum Gasteiger partial charge on any atom is 0.0747 e. The normalized spacial score (nSPS) is 38.8. The molecule has 0 aromatic rings. The molecule has 1 saturated carbocycles. The van der Waals surface area contributed by atoms with Crippen LogP contribution in [0.2, 0.25) is 0 Å². The topological polar surface area (TPSA) is 12.5 Å². The van der Waals surface area contributed by atoms with Crippen LogP contribution < -0.4 is 0 Å². The third kappa shape index (κ3) is 0.976. The van der Waals surface area contributed by atoms with Crippen LogP contribution in [0, 0.1) is 0 Å². The van der Waals surface area contributed by atoms with Gasteiger partial charge in [0.25, 0.3) is 0 Å². The molecule has 2 nitrogen and oxygen atoms in total. The summed E-state index contributed by atoms with van der Waals surface area (Å²) < 4.78 is 5.45. The second-order valence-corrected chi connectivity index (χ2v) is 3.00. The Balaban J connectivity index is 1.89. The Hall–Kier alpha value is -0.340. The van der Waals surface area contributed by atoms with Crippen molar-refractivity contribution in [3.05, 3.63) is 12.7 Å². The van der Waals surface area contributed by atoms with E-state index in [4.69, 9.17) is 4.74 Å². The molecule has 2 fully saturated rings. The van der Waals surface area contributed by atoms with Crippen LogP contribution in [-0.4, -0.2) is 36.7 Å². The molecule has 2 rings (SSSR count). The lowest BCUT2D eigenvalue weighted by molar-refractivity contribution is 0.0362. The standard InChI is InChI=1S/C8H13NO/c1-2-3-9-4-5-10-8-6-7(8)9/h2,7-8H,1,3-6H2. The molecule has 2 atom stereocenters. The van der Waals surface area contributed by atoms with Gasteiger partial charge in [-0.2, -0.15) is 0 Å². The number of fused-ring (bicyclic) bond motifs is 1. The molecule has 10 heavy (non-hydrogen) atoms. The van der Waals surface area contributed by atoms with Gasteiger partial charge in [-0.25, -0.2) is 0 Å². The maximum absolute atomic E-state index is 5.45. The third-order valence-corrected chi connectivity index (χ3v) is 2.24. The molecule has 1 heterocycles. The molecule has 0 aromatic heterocycles. The predicted octanol–water partition coefficient (Wildman–Crippen LogP) is 0.645. The summed E-state index contributed by atoms with van der Waals surface area (Å²) in [6, 6.07) is 0.728. The van der Waals surface area contributed by atoms with Crippen LogP contribution in [-0.2, 0) is 4.74 Å². The van der Waals surface area contributed by atoms with Crippen LogP contribution in [0.5, 0.6) is 0 Å². The molecular formula is C8H13NO. The van der Waals surface area contributed by atoms with Gasteiger partial charge in [-0.1, -0.05) is 6.08 Å². The number of rotatable bonds is 2. The average Bonchev–Trinajstić information content (AvgIpc) is 2.67. The van der Waals surface area contributed by atoms with Gasteiger partial charge >= 0.3 is 0 Å². The minimum atomic E-state index is 0.564. The minimum absolute atomic E-state index is 0.564. The van der Waals surface area contributed by atoms with E-state index in [-0.39, 0.29) is 0 Å². The van der Waals surface area contributed by atoms with E-state index >= 15 is 0 Å². The van der Waals surface area contributed by atoms with Crippen molar-refractivity contribution < 1.29 is 4.74 Å². The Labute approximate surface area is 61.5 Å². The maximum atomic E-state index is 5.45. The van der Waals surface area contributed by atoms with Crippen molar-refractivity contribution in [2.75, 3.05) is 19.7 Å². The number of hydrogen-bond acceptors (Lipinski definition) is 2. The summed E-state index contributed by atoms with van der Waals surface area (Å²) in [7, 11) is 0. The summed E-state index contributed by atoms with van der Waals surface area (Å²) in [5, 5.41) is 0. The van der Waals surface area contributed by atoms with Crippen LogP contribution in [0.15, 0.2) is 12.7 Å². The summed E-state index contributed by atoms with van der Waals surface area (Å²) in [5.74, 6) is 0. The van der Waals surface area contributed by atoms with Crippen molar-refractivity contribution in [1.29, 1.82) is 0 Å². The SMILES string of the molecule is C=CCN1CCOC2CC21. The molecule has 0 aromatic carbocycles. The predicted molar refractivity (Wildman–Crippen MR) is 39.9 cm³/mol. The van der Waals surface area contributed by atoms with E-state index in [0.29, 0.717) is 6.10 Å². The third-order valence-electron chi connectivity index (χ3n) is 2.24. The first-order valence-corrected chi connectivity index (χ1v) is 3.88. The molecule has 0 spiro atoms. The van der Waals surface area contributed by atoms with Crippen LogP contribution in [0.1, 0.15) is 6.42 Å². The number of ether oxygens (including phenoxy) is 1. The van der Waals surface area contributed by atoms with Gasteiger partial charge in [0.15, 0.2) is 0 Å². The van der Waals surface area contributed by atoms with E-state index in [1.807, 2.05) is 6.08 Å². The summed E-state index contributed by atoms with van der Waals surface area (Å²) in [6.45, 7) is 6.76. The molecule has 1 saturated heterocycles. The van der Waals surface area contributed by atoms with Crippen molar-refractivity contribution in [3.63, 3.8) is 0 Å². The zero-order valence-corrected chi connectivity index (χ0v) is 6.12. The van der Waals surface area contributed by atoms with E-state index in [9.17, 15) is 0 Å². The lowest BCUT2D eigenvalue weighted by atomic mass is 10.4. The van der Waals surface area contributed by atoms with Gasteiger partial charge < -0.3 is 4.74 Å². The summed E-state index contributed by atoms with van der Waals surface area (Å²) >= 11 is 0. The van der Waals surface area contributed by atoms with Crippen molar-refractivity contribution in [2.45, 2.75) is 18.6 Å². The lowest BCUT2D eigenvalue weighted by Gasteiger charge is -2.24. The Morgan fingerprint density at radius 3 is 3.40 bits per heavy atom. The number of hydrogen-bond donors (Lipinski definition) is 0. The molecule has 0 radical (unpaired) electrons. The molecule has 0 amide bonds. The molecule has 0 N–H and O–H groups in total. The number of nitrogens with zero attached hydrogens (tertiary/aromatic N) is 1. The first-order chi connectivity index (χ1) is 4.92. The van der Waals surface area contributed by atoms with E-state index < -0.39 is 0 Å². The molecule has 0 bridgehead atoms. The zero-order valence-electron chi connectivity index (χ0n) is 6.12. The summed E-state index contributed by atoms with van der Waals surface area (Å²) in [4.78, 5) is 2.45. The van der Waals surface area contributed by atoms with Crippen molar-refractivity contribution in [1.82, 2.24) is 4.90 Å². The smallest absolute Gasteiger partial charge is 0.0747 e. The van der Waals surface area contributed by atoms with Gasteiger partial charge in [0.05, 0.1) is 12.7 Å². The molecule has 1 aliphatic carbocycles. The Bertz CT molecular complexity index is 146. The Morgan fingerprint density at radius 2 is 2.60 bits per heavy atom. The van der Waals surface area contributed by atoms with Gasteiger partial charge in [-0.05, 0) is 6.42 Å². The van der Waals surface area contributed by atoms with Crippen molar-refractivity contribution in [2.24, 2.45) is 0 Å². The van der Waals surface area contributed by atoms with Crippen molar-refractivity contribution >= 4 is 0 Å². The highest BCUT2D eigenvalue weighted by Crippen LogP contribution is 2.33. The summed E-state index contributed by atoms with van der Waals surface area (Å²) in [5.41, 5.74) is 0. The van der Waals surface area contributed by atoms with Gasteiger partial charge in [-0.15, -0.1) is 6.58 Å². The lowest BCUT2D eigenvalue weighted by Crippen LogP contribution is -2.36. The van der Waals surface area contributed by atoms with Crippen LogP contribution in [0.4, 0.5) is 0 Å². The molecule has 1 aliphatic heterocycles. The second kappa shape index (κ2) is 2.36. The fourth-order valence-corrected chi connectivity index (χ4v) is 1.60. The van der Waals surface area contributed by atoms with Crippen LogP contribution in [0.3, 0.4) is 0 Å². The highest BCUT2D eigenvalue weighted by atomic mass is 16.5. The average molecular weight is 139 g/mol. The van der Waals surface area contributed by atoms with E-state index in [1.54, 1.807) is 0 Å². The highest BCUT2D eigenvalue weighted by molar-refractivity contribution is 5.00. The van der Waals surface area contributed by atoms with Crippen LogP contribution >= 0.6 is 0 Å². The van der Waals surface area contributed by atoms with Gasteiger partial charge in [0.2, 0.25) is 0 Å². The fourth-order valence-electron chi connectivity index (χ4n) is 1.60. The van der Waals surface area contributed by atoms with E-state index in [2.05, 4.69) is 11.5 Å². The highest BCUT2D eigenvalue weighted by Gasteiger charge is 2.44. The molecule has 2 aliphatic rings. The van der Waals surface area contributed by atoms with Gasteiger partial charge in [0.1, 0.15) is 0 Å². The molecular weight excluding hydrogens is 126 g/mol. The molecule has 56 valence electrons. The van der Waals surface area contributed by atoms with Gasteiger partial charge in [-0.3, -0.25) is 4.90 Å². The molecule has 2 heteroatoms. The molecule has 2 unspecified atom stereocenters. The van der Waals surface area contributed by atoms with Crippen LogP contribution in [0.25, 0.3) is 0 Å². The quantitative estimate of drug-likeness (QED) is 0.521. The monoisotopic (exact) mass is 139 g/mol.